The average molecular weight is 299 g/mol. The number of rotatable bonds is 5. The number of nitrogens with zero attached hydrogens (tertiary/aromatic N) is 1. The molecule has 1 aliphatic rings. The van der Waals surface area contributed by atoms with E-state index in [0.717, 1.165) is 31.0 Å². The van der Waals surface area contributed by atoms with Crippen molar-refractivity contribution >= 4 is 5.69 Å². The second kappa shape index (κ2) is 6.36. The molecule has 0 heterocycles. The number of hydrogen-bond acceptors (Lipinski definition) is 5. The van der Waals surface area contributed by atoms with Crippen LogP contribution in [0.4, 0.5) is 10.1 Å². The minimum atomic E-state index is -0.745. The fourth-order valence-corrected chi connectivity index (χ4v) is 2.62. The van der Waals surface area contributed by atoms with Gasteiger partial charge < -0.3 is 14.2 Å². The van der Waals surface area contributed by atoms with Crippen LogP contribution in [0.2, 0.25) is 0 Å². The molecule has 1 saturated carbocycles. The number of nitro benzene ring substituents is 1. The Kier molecular flexibility index (Phi) is 4.74. The van der Waals surface area contributed by atoms with Crippen molar-refractivity contribution in [2.75, 3.05) is 14.2 Å². The molecule has 0 bridgehead atoms. The molecule has 1 atom stereocenters. The lowest BCUT2D eigenvalue weighted by Crippen LogP contribution is -2.42. The predicted octanol–water partition coefficient (Wildman–Crippen LogP) is 3.04. The predicted molar refractivity (Wildman–Crippen MR) is 72.7 cm³/mol. The molecular formula is C14H18FNO5. The molecular weight excluding hydrogens is 281 g/mol. The molecule has 1 aromatic rings. The summed E-state index contributed by atoms with van der Waals surface area (Å²) in [5, 5.41) is 11.0. The van der Waals surface area contributed by atoms with E-state index in [1.807, 2.05) is 0 Å². The minimum Gasteiger partial charge on any atom is -0.483 e. The third-order valence-electron chi connectivity index (χ3n) is 3.78. The SMILES string of the molecule is COC1(OC)CCCC(Oc2cc(F)ccc2[N+](=O)[O-])C1. The van der Waals surface area contributed by atoms with Gasteiger partial charge in [0, 0.05) is 39.2 Å². The van der Waals surface area contributed by atoms with Gasteiger partial charge in [-0.05, 0) is 18.9 Å². The summed E-state index contributed by atoms with van der Waals surface area (Å²) < 4.78 is 29.7. The van der Waals surface area contributed by atoms with Gasteiger partial charge in [0.05, 0.1) is 4.92 Å². The molecule has 1 aromatic carbocycles. The van der Waals surface area contributed by atoms with Crippen molar-refractivity contribution in [1.82, 2.24) is 0 Å². The smallest absolute Gasteiger partial charge is 0.311 e. The molecule has 0 amide bonds. The molecule has 1 fully saturated rings. The van der Waals surface area contributed by atoms with Crippen molar-refractivity contribution in [2.45, 2.75) is 37.6 Å². The summed E-state index contributed by atoms with van der Waals surface area (Å²) in [5.41, 5.74) is -0.248. The molecule has 0 aliphatic heterocycles. The second-order valence-corrected chi connectivity index (χ2v) is 5.02. The van der Waals surface area contributed by atoms with E-state index in [-0.39, 0.29) is 17.5 Å². The zero-order valence-corrected chi connectivity index (χ0v) is 12.0. The summed E-state index contributed by atoms with van der Waals surface area (Å²) in [5.74, 6) is -1.38. The maximum absolute atomic E-state index is 13.3. The largest absolute Gasteiger partial charge is 0.483 e. The van der Waals surface area contributed by atoms with Crippen LogP contribution in [0.1, 0.15) is 25.7 Å². The van der Waals surface area contributed by atoms with Gasteiger partial charge >= 0.3 is 5.69 Å². The summed E-state index contributed by atoms with van der Waals surface area (Å²) in [6.07, 6.45) is 2.36. The Morgan fingerprint density at radius 2 is 2.10 bits per heavy atom. The highest BCUT2D eigenvalue weighted by Crippen LogP contribution is 2.36. The normalized spacial score (nSPS) is 21.0. The van der Waals surface area contributed by atoms with E-state index < -0.39 is 16.5 Å². The molecule has 0 spiro atoms. The van der Waals surface area contributed by atoms with E-state index in [9.17, 15) is 14.5 Å². The zero-order chi connectivity index (χ0) is 15.5. The Hall–Kier alpha value is -1.73. The van der Waals surface area contributed by atoms with E-state index in [1.165, 1.54) is 0 Å². The molecule has 0 radical (unpaired) electrons. The molecule has 0 N–H and O–H groups in total. The van der Waals surface area contributed by atoms with Crippen LogP contribution in [0.3, 0.4) is 0 Å². The van der Waals surface area contributed by atoms with Gasteiger partial charge in [-0.2, -0.15) is 0 Å². The summed E-state index contributed by atoms with van der Waals surface area (Å²) >= 11 is 0. The molecule has 1 unspecified atom stereocenters. The number of halogens is 1. The first-order valence-corrected chi connectivity index (χ1v) is 6.70. The van der Waals surface area contributed by atoms with Crippen molar-refractivity contribution < 1.29 is 23.5 Å². The van der Waals surface area contributed by atoms with Crippen LogP contribution in [0.25, 0.3) is 0 Å². The van der Waals surface area contributed by atoms with Gasteiger partial charge in [0.2, 0.25) is 0 Å². The summed E-state index contributed by atoms with van der Waals surface area (Å²) in [7, 11) is 3.10. The average Bonchev–Trinajstić information content (AvgIpc) is 2.47. The Morgan fingerprint density at radius 3 is 2.71 bits per heavy atom. The molecule has 0 aromatic heterocycles. The summed E-state index contributed by atoms with van der Waals surface area (Å²) in [4.78, 5) is 10.4. The third-order valence-corrected chi connectivity index (χ3v) is 3.78. The van der Waals surface area contributed by atoms with Crippen LogP contribution in [0.5, 0.6) is 5.75 Å². The molecule has 6 nitrogen and oxygen atoms in total. The van der Waals surface area contributed by atoms with E-state index in [2.05, 4.69) is 0 Å². The first-order chi connectivity index (χ1) is 9.99. The summed E-state index contributed by atoms with van der Waals surface area (Å²) in [6.45, 7) is 0. The highest BCUT2D eigenvalue weighted by Gasteiger charge is 2.38. The molecule has 7 heteroatoms. The van der Waals surface area contributed by atoms with E-state index >= 15 is 0 Å². The van der Waals surface area contributed by atoms with Gasteiger partial charge in [0.15, 0.2) is 11.5 Å². The number of methoxy groups -OCH3 is 2. The van der Waals surface area contributed by atoms with Gasteiger partial charge in [0.25, 0.3) is 0 Å². The Morgan fingerprint density at radius 1 is 1.38 bits per heavy atom. The van der Waals surface area contributed by atoms with Crippen LogP contribution in [-0.4, -0.2) is 31.0 Å². The quantitative estimate of drug-likeness (QED) is 0.475. The van der Waals surface area contributed by atoms with Crippen molar-refractivity contribution in [3.05, 3.63) is 34.1 Å². The highest BCUT2D eigenvalue weighted by atomic mass is 19.1. The Balaban J connectivity index is 2.18. The lowest BCUT2D eigenvalue weighted by molar-refractivity contribution is -0.386. The van der Waals surface area contributed by atoms with Gasteiger partial charge in [-0.15, -0.1) is 0 Å². The molecule has 1 aliphatic carbocycles. The fraction of sp³-hybridized carbons (Fsp3) is 0.571. The lowest BCUT2D eigenvalue weighted by atomic mass is 9.91. The van der Waals surface area contributed by atoms with Crippen molar-refractivity contribution in [1.29, 1.82) is 0 Å². The molecule has 21 heavy (non-hydrogen) atoms. The van der Waals surface area contributed by atoms with Crippen LogP contribution in [0, 0.1) is 15.9 Å². The van der Waals surface area contributed by atoms with Gasteiger partial charge in [-0.3, -0.25) is 10.1 Å². The highest BCUT2D eigenvalue weighted by molar-refractivity contribution is 5.46. The fourth-order valence-electron chi connectivity index (χ4n) is 2.62. The number of nitro groups is 1. The van der Waals surface area contributed by atoms with E-state index in [1.54, 1.807) is 14.2 Å². The molecule has 0 saturated heterocycles. The van der Waals surface area contributed by atoms with E-state index in [0.29, 0.717) is 12.8 Å². The first-order valence-electron chi connectivity index (χ1n) is 6.70. The third kappa shape index (κ3) is 3.48. The molecule has 116 valence electrons. The van der Waals surface area contributed by atoms with Gasteiger partial charge in [-0.1, -0.05) is 0 Å². The van der Waals surface area contributed by atoms with E-state index in [4.69, 9.17) is 14.2 Å². The van der Waals surface area contributed by atoms with Crippen molar-refractivity contribution in [3.63, 3.8) is 0 Å². The Labute approximate surface area is 122 Å². The number of ether oxygens (including phenoxy) is 3. The minimum absolute atomic E-state index is 0.0620. The number of benzene rings is 1. The maximum atomic E-state index is 13.3. The topological polar surface area (TPSA) is 70.8 Å². The van der Waals surface area contributed by atoms with Crippen LogP contribution < -0.4 is 4.74 Å². The zero-order valence-electron chi connectivity index (χ0n) is 12.0. The Bertz CT molecular complexity index is 518. The maximum Gasteiger partial charge on any atom is 0.311 e. The van der Waals surface area contributed by atoms with Gasteiger partial charge in [-0.25, -0.2) is 4.39 Å². The molecule has 2 rings (SSSR count). The van der Waals surface area contributed by atoms with Crippen LogP contribution >= 0.6 is 0 Å². The van der Waals surface area contributed by atoms with Gasteiger partial charge in [0.1, 0.15) is 11.9 Å². The van der Waals surface area contributed by atoms with Crippen LogP contribution in [0.15, 0.2) is 18.2 Å². The monoisotopic (exact) mass is 299 g/mol. The summed E-state index contributed by atoms with van der Waals surface area (Å²) in [6, 6.07) is 3.18. The lowest BCUT2D eigenvalue weighted by Gasteiger charge is -2.38. The standard InChI is InChI=1S/C14H18FNO5/c1-19-14(20-2)7-3-4-11(9-14)21-13-8-10(15)5-6-12(13)16(17)18/h5-6,8,11H,3-4,7,9H2,1-2H3. The second-order valence-electron chi connectivity index (χ2n) is 5.02. The first kappa shape index (κ1) is 15.7. The number of hydrogen-bond donors (Lipinski definition) is 0. The van der Waals surface area contributed by atoms with Crippen molar-refractivity contribution in [3.8, 4) is 5.75 Å². The van der Waals surface area contributed by atoms with Crippen molar-refractivity contribution in [2.24, 2.45) is 0 Å². The van der Waals surface area contributed by atoms with Crippen LogP contribution in [-0.2, 0) is 9.47 Å².